The number of nitrogens with zero attached hydrogens (tertiary/aromatic N) is 1. The molecule has 1 rings (SSSR count). The van der Waals surface area contributed by atoms with Gasteiger partial charge in [-0.25, -0.2) is 4.98 Å². The Balaban J connectivity index is 3.01. The van der Waals surface area contributed by atoms with Crippen molar-refractivity contribution in [2.24, 2.45) is 0 Å². The number of rotatable bonds is 1. The lowest BCUT2D eigenvalue weighted by atomic mass is 10.3. The van der Waals surface area contributed by atoms with Gasteiger partial charge in [0.05, 0.1) is 0 Å². The number of aromatic nitrogens is 1. The normalized spacial score (nSPS) is 9.11. The van der Waals surface area contributed by atoms with Gasteiger partial charge in [0.25, 0.3) is 0 Å². The first-order valence-electron chi connectivity index (χ1n) is 2.66. The summed E-state index contributed by atoms with van der Waals surface area (Å²) in [6, 6.07) is 3.68. The molecule has 1 aromatic rings. The van der Waals surface area contributed by atoms with Crippen LogP contribution in [0.3, 0.4) is 0 Å². The van der Waals surface area contributed by atoms with E-state index in [2.05, 4.69) is 4.98 Å². The van der Waals surface area contributed by atoms with E-state index < -0.39 is 0 Å². The summed E-state index contributed by atoms with van der Waals surface area (Å²) in [6.07, 6.45) is 1.62. The molecule has 0 atom stereocenters. The fourth-order valence-corrected chi connectivity index (χ4v) is 0.603. The molecule has 0 radical (unpaired) electrons. The van der Waals surface area contributed by atoms with Gasteiger partial charge < -0.3 is 0 Å². The summed E-state index contributed by atoms with van der Waals surface area (Å²) in [6.45, 7) is 1.87. The van der Waals surface area contributed by atoms with Crippen LogP contribution < -0.4 is 5.48 Å². The Morgan fingerprint density at radius 3 is 2.89 bits per heavy atom. The predicted molar refractivity (Wildman–Crippen MR) is 34.4 cm³/mol. The minimum atomic E-state index is 0.512. The van der Waals surface area contributed by atoms with Crippen LogP contribution >= 0.6 is 0 Å². The number of nitrogens with one attached hydrogen (secondary N) is 1. The van der Waals surface area contributed by atoms with Gasteiger partial charge in [-0.15, -0.1) is 0 Å². The van der Waals surface area contributed by atoms with Crippen LogP contribution in [0.4, 0.5) is 5.82 Å². The number of anilines is 1. The molecule has 1 aromatic heterocycles. The molecule has 2 N–H and O–H groups in total. The highest BCUT2D eigenvalue weighted by atomic mass is 16.5. The van der Waals surface area contributed by atoms with Crippen LogP contribution in [0.2, 0.25) is 0 Å². The predicted octanol–water partition coefficient (Wildman–Crippen LogP) is 1.19. The largest absolute Gasteiger partial charge is 0.290 e. The molecular formula is C6H8N2O. The quantitative estimate of drug-likeness (QED) is 0.553. The molecule has 48 valence electrons. The minimum Gasteiger partial charge on any atom is -0.290 e. The summed E-state index contributed by atoms with van der Waals surface area (Å²) < 4.78 is 0. The summed E-state index contributed by atoms with van der Waals surface area (Å²) in [4.78, 5) is 3.84. The van der Waals surface area contributed by atoms with Crippen molar-refractivity contribution < 1.29 is 5.21 Å². The van der Waals surface area contributed by atoms with Crippen LogP contribution in [-0.2, 0) is 0 Å². The van der Waals surface area contributed by atoms with Gasteiger partial charge in [0, 0.05) is 6.20 Å². The molecule has 1 heterocycles. The molecule has 0 bridgehead atoms. The fourth-order valence-electron chi connectivity index (χ4n) is 0.603. The Kier molecular flexibility index (Phi) is 1.65. The third-order valence-electron chi connectivity index (χ3n) is 1.12. The average molecular weight is 124 g/mol. The first-order valence-corrected chi connectivity index (χ1v) is 2.66. The number of pyridine rings is 1. The average Bonchev–Trinajstić information content (AvgIpc) is 1.89. The van der Waals surface area contributed by atoms with E-state index in [1.54, 1.807) is 6.20 Å². The monoisotopic (exact) mass is 124 g/mol. The zero-order valence-corrected chi connectivity index (χ0v) is 5.13. The van der Waals surface area contributed by atoms with Gasteiger partial charge >= 0.3 is 0 Å². The Morgan fingerprint density at radius 1 is 1.67 bits per heavy atom. The Morgan fingerprint density at radius 2 is 2.44 bits per heavy atom. The van der Waals surface area contributed by atoms with Gasteiger partial charge in [-0.1, -0.05) is 6.07 Å². The third kappa shape index (κ3) is 1.17. The molecule has 0 aliphatic heterocycles. The van der Waals surface area contributed by atoms with Gasteiger partial charge in [-0.05, 0) is 18.6 Å². The first-order chi connectivity index (χ1) is 4.34. The molecule has 0 saturated carbocycles. The maximum Gasteiger partial charge on any atom is 0.152 e. The molecule has 9 heavy (non-hydrogen) atoms. The minimum absolute atomic E-state index is 0.512. The smallest absolute Gasteiger partial charge is 0.152 e. The van der Waals surface area contributed by atoms with Gasteiger partial charge in [0.2, 0.25) is 0 Å². The van der Waals surface area contributed by atoms with E-state index in [0.717, 1.165) is 5.56 Å². The molecular weight excluding hydrogens is 116 g/mol. The second-order valence-corrected chi connectivity index (χ2v) is 1.78. The van der Waals surface area contributed by atoms with Crippen molar-refractivity contribution in [3.8, 4) is 0 Å². The lowest BCUT2D eigenvalue weighted by molar-refractivity contribution is 0.385. The van der Waals surface area contributed by atoms with Gasteiger partial charge in [-0.2, -0.15) is 0 Å². The highest BCUT2D eigenvalue weighted by Gasteiger charge is 1.91. The molecule has 0 spiro atoms. The molecule has 3 nitrogen and oxygen atoms in total. The fraction of sp³-hybridized carbons (Fsp3) is 0.167. The van der Waals surface area contributed by atoms with Crippen molar-refractivity contribution in [1.29, 1.82) is 0 Å². The van der Waals surface area contributed by atoms with Crippen LogP contribution in [0.25, 0.3) is 0 Å². The molecule has 0 aromatic carbocycles. The molecule has 0 saturated heterocycles. The van der Waals surface area contributed by atoms with E-state index in [0.29, 0.717) is 5.82 Å². The molecule has 3 heteroatoms. The van der Waals surface area contributed by atoms with E-state index in [4.69, 9.17) is 5.21 Å². The maximum absolute atomic E-state index is 8.41. The lowest BCUT2D eigenvalue weighted by Crippen LogP contribution is -1.94. The maximum atomic E-state index is 8.41. The van der Waals surface area contributed by atoms with Crippen molar-refractivity contribution in [1.82, 2.24) is 4.98 Å². The summed E-state index contributed by atoms with van der Waals surface area (Å²) in [7, 11) is 0. The van der Waals surface area contributed by atoms with Gasteiger partial charge in [0.15, 0.2) is 5.82 Å². The van der Waals surface area contributed by atoms with E-state index in [-0.39, 0.29) is 0 Å². The summed E-state index contributed by atoms with van der Waals surface area (Å²) in [5.74, 6) is 0.512. The molecule has 0 fully saturated rings. The van der Waals surface area contributed by atoms with Crippen LogP contribution in [-0.4, -0.2) is 10.2 Å². The topological polar surface area (TPSA) is 45.2 Å². The van der Waals surface area contributed by atoms with E-state index in [1.165, 1.54) is 0 Å². The number of hydrogen-bond donors (Lipinski definition) is 2. The molecule has 0 aliphatic rings. The summed E-state index contributed by atoms with van der Waals surface area (Å²) >= 11 is 0. The van der Waals surface area contributed by atoms with Crippen LogP contribution in [0.1, 0.15) is 5.56 Å². The number of hydrogen-bond acceptors (Lipinski definition) is 3. The van der Waals surface area contributed by atoms with Crippen LogP contribution in [0.15, 0.2) is 18.3 Å². The highest BCUT2D eigenvalue weighted by Crippen LogP contribution is 2.06. The van der Waals surface area contributed by atoms with E-state index in [9.17, 15) is 0 Å². The second-order valence-electron chi connectivity index (χ2n) is 1.78. The first kappa shape index (κ1) is 6.04. The molecule has 0 amide bonds. The van der Waals surface area contributed by atoms with Gasteiger partial charge in [-0.3, -0.25) is 10.7 Å². The number of aryl methyl sites for hydroxylation is 1. The SMILES string of the molecule is Cc1cccnc1NO. The van der Waals surface area contributed by atoms with Crippen LogP contribution in [0, 0.1) is 6.92 Å². The van der Waals surface area contributed by atoms with Gasteiger partial charge in [0.1, 0.15) is 0 Å². The zero-order valence-electron chi connectivity index (χ0n) is 5.13. The van der Waals surface area contributed by atoms with Crippen molar-refractivity contribution in [2.75, 3.05) is 5.48 Å². The third-order valence-corrected chi connectivity index (χ3v) is 1.12. The highest BCUT2D eigenvalue weighted by molar-refractivity contribution is 5.39. The van der Waals surface area contributed by atoms with Crippen molar-refractivity contribution >= 4 is 5.82 Å². The Hall–Kier alpha value is -1.09. The molecule has 0 aliphatic carbocycles. The van der Waals surface area contributed by atoms with Crippen molar-refractivity contribution in [3.63, 3.8) is 0 Å². The molecule has 0 unspecified atom stereocenters. The van der Waals surface area contributed by atoms with E-state index in [1.807, 2.05) is 24.5 Å². The standard InChI is InChI=1S/C6H8N2O/c1-5-3-2-4-7-6(5)8-9/h2-4,9H,1H3,(H,7,8). The Bertz CT molecular complexity index is 200. The Labute approximate surface area is 53.3 Å². The second kappa shape index (κ2) is 2.46. The summed E-state index contributed by atoms with van der Waals surface area (Å²) in [5.41, 5.74) is 2.91. The van der Waals surface area contributed by atoms with Crippen LogP contribution in [0.5, 0.6) is 0 Å². The summed E-state index contributed by atoms with van der Waals surface area (Å²) in [5, 5.41) is 8.41. The van der Waals surface area contributed by atoms with Crippen molar-refractivity contribution in [2.45, 2.75) is 6.92 Å². The van der Waals surface area contributed by atoms with E-state index >= 15 is 0 Å². The van der Waals surface area contributed by atoms with Crippen molar-refractivity contribution in [3.05, 3.63) is 23.9 Å². The zero-order chi connectivity index (χ0) is 6.69. The lowest BCUT2D eigenvalue weighted by Gasteiger charge is -1.98.